The maximum absolute atomic E-state index is 5.38. The van der Waals surface area contributed by atoms with E-state index in [1.54, 1.807) is 0 Å². The van der Waals surface area contributed by atoms with Crippen LogP contribution >= 0.6 is 0 Å². The molecule has 0 radical (unpaired) electrons. The van der Waals surface area contributed by atoms with Crippen LogP contribution in [0.4, 0.5) is 0 Å². The van der Waals surface area contributed by atoms with Crippen molar-refractivity contribution < 1.29 is 4.74 Å². The number of aromatic nitrogens is 1. The fourth-order valence-electron chi connectivity index (χ4n) is 1.14. The fourth-order valence-corrected chi connectivity index (χ4v) is 1.14. The molecule has 0 aliphatic rings. The lowest BCUT2D eigenvalue weighted by Gasteiger charge is -2.03. The Kier molecular flexibility index (Phi) is 4.30. The highest BCUT2D eigenvalue weighted by molar-refractivity contribution is 5.17. The van der Waals surface area contributed by atoms with E-state index < -0.39 is 0 Å². The summed E-state index contributed by atoms with van der Waals surface area (Å²) >= 11 is 0. The monoisotopic (exact) mass is 179 g/mol. The lowest BCUT2D eigenvalue weighted by molar-refractivity contribution is 0.305. The standard InChI is InChI=1S/C11H17NO/c1-3-5-10-6-7-11(12-9-10)13-8-4-2/h6-7,9H,3-5,8H2,1-2H3. The molecule has 0 saturated heterocycles. The zero-order valence-corrected chi connectivity index (χ0v) is 8.42. The Morgan fingerprint density at radius 3 is 2.62 bits per heavy atom. The number of hydrogen-bond acceptors (Lipinski definition) is 2. The Morgan fingerprint density at radius 1 is 1.23 bits per heavy atom. The van der Waals surface area contributed by atoms with Gasteiger partial charge in [-0.2, -0.15) is 0 Å². The first-order chi connectivity index (χ1) is 6.36. The summed E-state index contributed by atoms with van der Waals surface area (Å²) in [5, 5.41) is 0. The third-order valence-electron chi connectivity index (χ3n) is 1.79. The summed E-state index contributed by atoms with van der Waals surface area (Å²) in [6.45, 7) is 5.01. The Bertz CT molecular complexity index is 230. The smallest absolute Gasteiger partial charge is 0.213 e. The molecule has 0 unspecified atom stereocenters. The summed E-state index contributed by atoms with van der Waals surface area (Å²) in [5.74, 6) is 0.738. The van der Waals surface area contributed by atoms with E-state index in [2.05, 4.69) is 24.9 Å². The van der Waals surface area contributed by atoms with Gasteiger partial charge in [0.05, 0.1) is 6.61 Å². The van der Waals surface area contributed by atoms with E-state index >= 15 is 0 Å². The van der Waals surface area contributed by atoms with Crippen LogP contribution in [0.1, 0.15) is 32.3 Å². The molecule has 72 valence electrons. The molecule has 1 aromatic heterocycles. The van der Waals surface area contributed by atoms with Gasteiger partial charge < -0.3 is 4.74 Å². The number of rotatable bonds is 5. The van der Waals surface area contributed by atoms with Crippen molar-refractivity contribution in [2.75, 3.05) is 6.61 Å². The van der Waals surface area contributed by atoms with E-state index in [1.807, 2.05) is 12.3 Å². The maximum Gasteiger partial charge on any atom is 0.213 e. The average Bonchev–Trinajstić information content (AvgIpc) is 2.17. The third kappa shape index (κ3) is 3.45. The minimum absolute atomic E-state index is 0.738. The summed E-state index contributed by atoms with van der Waals surface area (Å²) in [4.78, 5) is 4.21. The van der Waals surface area contributed by atoms with Gasteiger partial charge in [0.25, 0.3) is 0 Å². The normalized spacial score (nSPS) is 10.0. The van der Waals surface area contributed by atoms with E-state index in [0.717, 1.165) is 31.7 Å². The van der Waals surface area contributed by atoms with Crippen LogP contribution in [0.5, 0.6) is 5.88 Å². The molecule has 2 heteroatoms. The summed E-state index contributed by atoms with van der Waals surface area (Å²) in [5.41, 5.74) is 1.28. The molecule has 2 nitrogen and oxygen atoms in total. The second-order valence-electron chi connectivity index (χ2n) is 3.10. The van der Waals surface area contributed by atoms with E-state index in [9.17, 15) is 0 Å². The van der Waals surface area contributed by atoms with E-state index in [0.29, 0.717) is 0 Å². The van der Waals surface area contributed by atoms with E-state index in [-0.39, 0.29) is 0 Å². The summed E-state index contributed by atoms with van der Waals surface area (Å²) in [6, 6.07) is 4.03. The topological polar surface area (TPSA) is 22.1 Å². The van der Waals surface area contributed by atoms with Gasteiger partial charge in [-0.1, -0.05) is 26.3 Å². The van der Waals surface area contributed by atoms with Crippen LogP contribution in [-0.4, -0.2) is 11.6 Å². The molecule has 1 aromatic rings. The van der Waals surface area contributed by atoms with Gasteiger partial charge >= 0.3 is 0 Å². The van der Waals surface area contributed by atoms with Crippen LogP contribution in [0.15, 0.2) is 18.3 Å². The molecule has 0 aliphatic carbocycles. The third-order valence-corrected chi connectivity index (χ3v) is 1.79. The predicted octanol–water partition coefficient (Wildman–Crippen LogP) is 2.82. The van der Waals surface area contributed by atoms with Crippen molar-refractivity contribution in [1.29, 1.82) is 0 Å². The molecule has 0 spiro atoms. The Balaban J connectivity index is 2.48. The van der Waals surface area contributed by atoms with Crippen LogP contribution in [0.25, 0.3) is 0 Å². The minimum Gasteiger partial charge on any atom is -0.478 e. The molecule has 0 saturated carbocycles. The molecule has 0 fully saturated rings. The summed E-state index contributed by atoms with van der Waals surface area (Å²) in [6.07, 6.45) is 5.19. The first-order valence-electron chi connectivity index (χ1n) is 4.94. The van der Waals surface area contributed by atoms with Crippen molar-refractivity contribution in [2.24, 2.45) is 0 Å². The molecule has 0 atom stereocenters. The number of ether oxygens (including phenoxy) is 1. The second kappa shape index (κ2) is 5.57. The summed E-state index contributed by atoms with van der Waals surface area (Å²) < 4.78 is 5.38. The maximum atomic E-state index is 5.38. The first kappa shape index (κ1) is 10.0. The van der Waals surface area contributed by atoms with Crippen LogP contribution in [0.3, 0.4) is 0 Å². The van der Waals surface area contributed by atoms with Crippen LogP contribution in [0.2, 0.25) is 0 Å². The van der Waals surface area contributed by atoms with Gasteiger partial charge in [0.1, 0.15) is 0 Å². The zero-order chi connectivity index (χ0) is 9.52. The van der Waals surface area contributed by atoms with Crippen molar-refractivity contribution in [3.05, 3.63) is 23.9 Å². The fraction of sp³-hybridized carbons (Fsp3) is 0.545. The summed E-state index contributed by atoms with van der Waals surface area (Å²) in [7, 11) is 0. The van der Waals surface area contributed by atoms with Gasteiger partial charge in [0.15, 0.2) is 0 Å². The van der Waals surface area contributed by atoms with Crippen molar-refractivity contribution in [2.45, 2.75) is 33.1 Å². The molecule has 1 heterocycles. The second-order valence-corrected chi connectivity index (χ2v) is 3.10. The number of aryl methyl sites for hydroxylation is 1. The highest BCUT2D eigenvalue weighted by Gasteiger charge is 1.94. The molecule has 0 amide bonds. The van der Waals surface area contributed by atoms with Gasteiger partial charge in [-0.15, -0.1) is 0 Å². The van der Waals surface area contributed by atoms with Crippen LogP contribution in [-0.2, 0) is 6.42 Å². The van der Waals surface area contributed by atoms with E-state index in [4.69, 9.17) is 4.74 Å². The largest absolute Gasteiger partial charge is 0.478 e. The van der Waals surface area contributed by atoms with E-state index in [1.165, 1.54) is 5.56 Å². The van der Waals surface area contributed by atoms with Gasteiger partial charge in [-0.05, 0) is 18.4 Å². The van der Waals surface area contributed by atoms with Crippen molar-refractivity contribution in [1.82, 2.24) is 4.98 Å². The van der Waals surface area contributed by atoms with Crippen molar-refractivity contribution in [3.8, 4) is 5.88 Å². The first-order valence-corrected chi connectivity index (χ1v) is 4.94. The number of nitrogens with zero attached hydrogens (tertiary/aromatic N) is 1. The van der Waals surface area contributed by atoms with Crippen LogP contribution in [0, 0.1) is 0 Å². The molecule has 0 N–H and O–H groups in total. The van der Waals surface area contributed by atoms with Crippen molar-refractivity contribution >= 4 is 0 Å². The Hall–Kier alpha value is -1.05. The SMILES string of the molecule is CCCOc1ccc(CCC)cn1. The number of pyridine rings is 1. The molecule has 1 rings (SSSR count). The highest BCUT2D eigenvalue weighted by atomic mass is 16.5. The quantitative estimate of drug-likeness (QED) is 0.693. The van der Waals surface area contributed by atoms with Crippen LogP contribution < -0.4 is 4.74 Å². The molecule has 13 heavy (non-hydrogen) atoms. The Morgan fingerprint density at radius 2 is 2.08 bits per heavy atom. The molecule has 0 aromatic carbocycles. The number of hydrogen-bond donors (Lipinski definition) is 0. The molecular formula is C11H17NO. The van der Waals surface area contributed by atoms with Gasteiger partial charge in [0, 0.05) is 12.3 Å². The van der Waals surface area contributed by atoms with Gasteiger partial charge in [0.2, 0.25) is 5.88 Å². The molecular weight excluding hydrogens is 162 g/mol. The van der Waals surface area contributed by atoms with Gasteiger partial charge in [-0.3, -0.25) is 0 Å². The zero-order valence-electron chi connectivity index (χ0n) is 8.42. The lowest BCUT2D eigenvalue weighted by atomic mass is 10.2. The van der Waals surface area contributed by atoms with Crippen molar-refractivity contribution in [3.63, 3.8) is 0 Å². The predicted molar refractivity (Wildman–Crippen MR) is 54.0 cm³/mol. The van der Waals surface area contributed by atoms with Gasteiger partial charge in [-0.25, -0.2) is 4.98 Å². The molecule has 0 bridgehead atoms. The lowest BCUT2D eigenvalue weighted by Crippen LogP contribution is -1.97. The minimum atomic E-state index is 0.738. The highest BCUT2D eigenvalue weighted by Crippen LogP contribution is 2.09. The average molecular weight is 179 g/mol. The molecule has 0 aliphatic heterocycles. The Labute approximate surface area is 80.0 Å².